The number of rotatable bonds is 8. The van der Waals surface area contributed by atoms with Crippen LogP contribution in [-0.2, 0) is 12.0 Å². The third-order valence-corrected chi connectivity index (χ3v) is 6.93. The van der Waals surface area contributed by atoms with Gasteiger partial charge in [0.1, 0.15) is 5.60 Å². The summed E-state index contributed by atoms with van der Waals surface area (Å²) in [6.45, 7) is 14.5. The van der Waals surface area contributed by atoms with Gasteiger partial charge in [0.05, 0.1) is 12.0 Å². The highest BCUT2D eigenvalue weighted by atomic mass is 16.5. The summed E-state index contributed by atoms with van der Waals surface area (Å²) in [7, 11) is 0. The third kappa shape index (κ3) is 4.52. The molecule has 0 saturated carbocycles. The van der Waals surface area contributed by atoms with Gasteiger partial charge in [0.15, 0.2) is 0 Å². The number of hydrogen-bond donors (Lipinski definition) is 2. The van der Waals surface area contributed by atoms with Crippen LogP contribution in [0.3, 0.4) is 0 Å². The van der Waals surface area contributed by atoms with Crippen LogP contribution in [0.1, 0.15) is 70.0 Å². The van der Waals surface area contributed by atoms with Gasteiger partial charge < -0.3 is 19.6 Å². The van der Waals surface area contributed by atoms with Crippen LogP contribution in [0.15, 0.2) is 47.2 Å². The zero-order valence-corrected chi connectivity index (χ0v) is 21.0. The molecule has 3 heterocycles. The van der Waals surface area contributed by atoms with Crippen LogP contribution in [0, 0.1) is 5.41 Å². The summed E-state index contributed by atoms with van der Waals surface area (Å²) in [4.78, 5) is 11.2. The van der Waals surface area contributed by atoms with E-state index in [1.165, 1.54) is 5.56 Å². The summed E-state index contributed by atoms with van der Waals surface area (Å²) >= 11 is 0. The molecule has 4 rings (SSSR count). The van der Waals surface area contributed by atoms with Crippen molar-refractivity contribution in [2.75, 3.05) is 19.6 Å². The Morgan fingerprint density at radius 2 is 1.76 bits per heavy atom. The molecular weight excluding hydrogens is 428 g/mol. The Kier molecular flexibility index (Phi) is 6.40. The standard InChI is InChI=1S/C27H36N4O3/c1-7-31-16-26(6,17-31)27(33,21-10-8-19(9-11-21)18(2)3)22-12-20(14-28-15-22)24-29-23(34-30-24)13-25(4,5)32/h8-12,14-15,18,32-33H,7,13,16-17H2,1-6H3. The predicted molar refractivity (Wildman–Crippen MR) is 131 cm³/mol. The summed E-state index contributed by atoms with van der Waals surface area (Å²) in [5, 5.41) is 26.6. The first-order chi connectivity index (χ1) is 15.9. The van der Waals surface area contributed by atoms with Crippen LogP contribution in [0.4, 0.5) is 0 Å². The SMILES string of the molecule is CCN1CC(C)(C(O)(c2ccc(C(C)C)cc2)c2cncc(-c3noc(CC(C)(C)O)n3)c2)C1. The average molecular weight is 465 g/mol. The van der Waals surface area contributed by atoms with Crippen molar-refractivity contribution in [2.45, 2.75) is 65.1 Å². The van der Waals surface area contributed by atoms with E-state index in [4.69, 9.17) is 4.52 Å². The fourth-order valence-corrected chi connectivity index (χ4v) is 4.94. The molecule has 1 aliphatic heterocycles. The van der Waals surface area contributed by atoms with Crippen molar-refractivity contribution in [1.82, 2.24) is 20.0 Å². The molecule has 182 valence electrons. The lowest BCUT2D eigenvalue weighted by molar-refractivity contribution is -0.134. The third-order valence-electron chi connectivity index (χ3n) is 6.93. The summed E-state index contributed by atoms with van der Waals surface area (Å²) in [5.41, 5.74) is 0.882. The second-order valence-corrected chi connectivity index (χ2v) is 10.8. The van der Waals surface area contributed by atoms with Crippen molar-refractivity contribution in [3.05, 3.63) is 65.3 Å². The maximum atomic E-state index is 12.4. The van der Waals surface area contributed by atoms with Crippen LogP contribution in [-0.4, -0.2) is 55.5 Å². The highest BCUT2D eigenvalue weighted by molar-refractivity contribution is 5.56. The van der Waals surface area contributed by atoms with Gasteiger partial charge in [0.25, 0.3) is 0 Å². The Labute approximate surface area is 201 Å². The van der Waals surface area contributed by atoms with E-state index in [-0.39, 0.29) is 11.8 Å². The average Bonchev–Trinajstić information content (AvgIpc) is 3.23. The number of nitrogens with zero attached hydrogens (tertiary/aromatic N) is 4. The first-order valence-electron chi connectivity index (χ1n) is 12.0. The molecule has 34 heavy (non-hydrogen) atoms. The highest BCUT2D eigenvalue weighted by Gasteiger charge is 2.55. The number of likely N-dealkylation sites (tertiary alicyclic amines) is 1. The first kappa shape index (κ1) is 24.5. The van der Waals surface area contributed by atoms with Crippen LogP contribution in [0.25, 0.3) is 11.4 Å². The second kappa shape index (κ2) is 8.87. The van der Waals surface area contributed by atoms with Crippen molar-refractivity contribution < 1.29 is 14.7 Å². The minimum atomic E-state index is -1.24. The molecule has 0 amide bonds. The lowest BCUT2D eigenvalue weighted by atomic mass is 9.62. The van der Waals surface area contributed by atoms with Gasteiger partial charge >= 0.3 is 0 Å². The molecule has 0 radical (unpaired) electrons. The summed E-state index contributed by atoms with van der Waals surface area (Å²) in [6.07, 6.45) is 3.66. The van der Waals surface area contributed by atoms with E-state index in [1.54, 1.807) is 26.2 Å². The summed E-state index contributed by atoms with van der Waals surface area (Å²) in [5.74, 6) is 1.16. The molecule has 2 N–H and O–H groups in total. The van der Waals surface area contributed by atoms with Gasteiger partial charge in [-0.05, 0) is 43.5 Å². The van der Waals surface area contributed by atoms with Crippen molar-refractivity contribution in [3.8, 4) is 11.4 Å². The monoisotopic (exact) mass is 464 g/mol. The van der Waals surface area contributed by atoms with Crippen molar-refractivity contribution in [1.29, 1.82) is 0 Å². The van der Waals surface area contributed by atoms with E-state index in [9.17, 15) is 10.2 Å². The molecule has 1 aromatic carbocycles. The van der Waals surface area contributed by atoms with Crippen molar-refractivity contribution in [3.63, 3.8) is 0 Å². The summed E-state index contributed by atoms with van der Waals surface area (Å²) < 4.78 is 5.35. The number of aliphatic hydroxyl groups is 2. The zero-order valence-electron chi connectivity index (χ0n) is 21.0. The predicted octanol–water partition coefficient (Wildman–Crippen LogP) is 4.15. The van der Waals surface area contributed by atoms with E-state index >= 15 is 0 Å². The van der Waals surface area contributed by atoms with E-state index in [2.05, 4.69) is 59.9 Å². The van der Waals surface area contributed by atoms with Gasteiger partial charge in [-0.25, -0.2) is 0 Å². The maximum absolute atomic E-state index is 12.4. The molecule has 7 nitrogen and oxygen atoms in total. The van der Waals surface area contributed by atoms with Crippen LogP contribution < -0.4 is 0 Å². The van der Waals surface area contributed by atoms with E-state index in [0.29, 0.717) is 28.8 Å². The molecule has 1 aliphatic rings. The van der Waals surface area contributed by atoms with Gasteiger partial charge in [-0.1, -0.05) is 57.1 Å². The molecule has 3 aromatic rings. The number of hydrogen-bond acceptors (Lipinski definition) is 7. The highest BCUT2D eigenvalue weighted by Crippen LogP contribution is 2.50. The minimum absolute atomic E-state index is 0.254. The van der Waals surface area contributed by atoms with Gasteiger partial charge in [-0.3, -0.25) is 4.98 Å². The number of pyridine rings is 1. The van der Waals surface area contributed by atoms with Gasteiger partial charge in [-0.15, -0.1) is 0 Å². The lowest BCUT2D eigenvalue weighted by Crippen LogP contribution is -2.64. The largest absolute Gasteiger partial charge is 0.390 e. The first-order valence-corrected chi connectivity index (χ1v) is 12.0. The molecule has 2 aromatic heterocycles. The van der Waals surface area contributed by atoms with E-state index < -0.39 is 11.2 Å². The fourth-order valence-electron chi connectivity index (χ4n) is 4.94. The molecule has 0 bridgehead atoms. The second-order valence-electron chi connectivity index (χ2n) is 10.8. The zero-order chi connectivity index (χ0) is 24.7. The van der Waals surface area contributed by atoms with Crippen molar-refractivity contribution >= 4 is 0 Å². The molecule has 1 atom stereocenters. The van der Waals surface area contributed by atoms with Crippen molar-refractivity contribution in [2.24, 2.45) is 5.41 Å². The van der Waals surface area contributed by atoms with Crippen LogP contribution in [0.2, 0.25) is 0 Å². The van der Waals surface area contributed by atoms with Crippen LogP contribution >= 0.6 is 0 Å². The van der Waals surface area contributed by atoms with E-state index in [0.717, 1.165) is 25.2 Å². The molecule has 1 saturated heterocycles. The molecular formula is C27H36N4O3. The minimum Gasteiger partial charge on any atom is -0.390 e. The quantitative estimate of drug-likeness (QED) is 0.517. The maximum Gasteiger partial charge on any atom is 0.229 e. The lowest BCUT2D eigenvalue weighted by Gasteiger charge is -2.56. The summed E-state index contributed by atoms with van der Waals surface area (Å²) in [6, 6.07) is 10.2. The fraction of sp³-hybridized carbons (Fsp3) is 0.519. The Morgan fingerprint density at radius 3 is 2.35 bits per heavy atom. The van der Waals surface area contributed by atoms with Gasteiger partial charge in [0, 0.05) is 42.0 Å². The van der Waals surface area contributed by atoms with Crippen LogP contribution in [0.5, 0.6) is 0 Å². The Morgan fingerprint density at radius 1 is 1.09 bits per heavy atom. The molecule has 0 aliphatic carbocycles. The number of aromatic nitrogens is 3. The van der Waals surface area contributed by atoms with E-state index in [1.807, 2.05) is 18.2 Å². The normalized spacial score (nSPS) is 18.0. The topological polar surface area (TPSA) is 95.5 Å². The molecule has 0 spiro atoms. The Balaban J connectivity index is 1.76. The smallest absolute Gasteiger partial charge is 0.229 e. The molecule has 1 unspecified atom stereocenters. The Hall–Kier alpha value is -2.61. The molecule has 1 fully saturated rings. The molecule has 7 heteroatoms. The van der Waals surface area contributed by atoms with Gasteiger partial charge in [-0.2, -0.15) is 4.98 Å². The number of benzene rings is 1. The Bertz CT molecular complexity index is 1130. The van der Waals surface area contributed by atoms with Gasteiger partial charge in [0.2, 0.25) is 11.7 Å².